The van der Waals surface area contributed by atoms with Crippen molar-refractivity contribution < 1.29 is 5.11 Å². The average Bonchev–Trinajstić information content (AvgIpc) is 2.84. The van der Waals surface area contributed by atoms with Gasteiger partial charge in [0.25, 0.3) is 5.56 Å². The Hall–Kier alpha value is -2.14. The molecular weight excluding hydrogens is 242 g/mol. The Morgan fingerprint density at radius 2 is 2.11 bits per heavy atom. The second-order valence-corrected chi connectivity index (χ2v) is 4.89. The van der Waals surface area contributed by atoms with Gasteiger partial charge in [0.15, 0.2) is 0 Å². The van der Waals surface area contributed by atoms with Gasteiger partial charge in [0.2, 0.25) is 0 Å². The first-order valence-corrected chi connectivity index (χ1v) is 6.15. The maximum atomic E-state index is 12.4. The van der Waals surface area contributed by atoms with E-state index in [9.17, 15) is 9.90 Å². The lowest BCUT2D eigenvalue weighted by Crippen LogP contribution is -2.21. The predicted molar refractivity (Wildman–Crippen MR) is 73.3 cm³/mol. The van der Waals surface area contributed by atoms with Crippen molar-refractivity contribution in [2.75, 3.05) is 0 Å². The molecule has 2 aromatic heterocycles. The number of aryl methyl sites for hydroxylation is 2. The molecule has 0 radical (unpaired) electrons. The number of nitrogens with zero attached hydrogens (tertiary/aromatic N) is 3. The van der Waals surface area contributed by atoms with E-state index >= 15 is 0 Å². The molecule has 3 rings (SSSR count). The molecule has 0 saturated heterocycles. The summed E-state index contributed by atoms with van der Waals surface area (Å²) in [4.78, 5) is 12.4. The van der Waals surface area contributed by atoms with Gasteiger partial charge < -0.3 is 5.11 Å². The van der Waals surface area contributed by atoms with Gasteiger partial charge in [-0.25, -0.2) is 4.52 Å². The van der Waals surface area contributed by atoms with Crippen LogP contribution in [-0.2, 0) is 7.05 Å². The summed E-state index contributed by atoms with van der Waals surface area (Å²) in [6.45, 7) is 3.61. The van der Waals surface area contributed by atoms with Crippen molar-refractivity contribution in [2.24, 2.45) is 7.05 Å². The standard InChI is InChI=1S/C14H15N3O2/c1-8-6-10(9(2)18)13-11(7-8)14(19)16(3)12-4-5-15-17(12)13/h4-7,9,18H,1-3H3. The minimum Gasteiger partial charge on any atom is -0.389 e. The fourth-order valence-corrected chi connectivity index (χ4v) is 2.53. The number of fused-ring (bicyclic) bond motifs is 3. The molecule has 0 bridgehead atoms. The SMILES string of the molecule is Cc1cc(C(C)O)c2c(c1)c(=O)n(C)c1ccnn21. The van der Waals surface area contributed by atoms with Crippen molar-refractivity contribution in [1.82, 2.24) is 14.2 Å². The number of rotatable bonds is 1. The van der Waals surface area contributed by atoms with E-state index in [1.807, 2.05) is 19.1 Å². The first-order valence-electron chi connectivity index (χ1n) is 6.15. The summed E-state index contributed by atoms with van der Waals surface area (Å²) in [5, 5.41) is 14.8. The second-order valence-electron chi connectivity index (χ2n) is 4.89. The van der Waals surface area contributed by atoms with Gasteiger partial charge in [-0.05, 0) is 25.5 Å². The molecule has 0 fully saturated rings. The molecule has 0 aliphatic heterocycles. The minimum atomic E-state index is -0.651. The summed E-state index contributed by atoms with van der Waals surface area (Å²) in [5.74, 6) is 0. The molecule has 5 nitrogen and oxygen atoms in total. The van der Waals surface area contributed by atoms with Crippen LogP contribution in [0.4, 0.5) is 0 Å². The fourth-order valence-electron chi connectivity index (χ4n) is 2.53. The molecule has 1 aromatic carbocycles. The zero-order valence-corrected chi connectivity index (χ0v) is 11.1. The monoisotopic (exact) mass is 257 g/mol. The number of aromatic nitrogens is 3. The van der Waals surface area contributed by atoms with Crippen molar-refractivity contribution in [3.05, 3.63) is 45.9 Å². The zero-order chi connectivity index (χ0) is 13.7. The van der Waals surface area contributed by atoms with Gasteiger partial charge in [-0.1, -0.05) is 6.07 Å². The largest absolute Gasteiger partial charge is 0.389 e. The van der Waals surface area contributed by atoms with E-state index in [1.54, 1.807) is 35.3 Å². The first-order chi connectivity index (χ1) is 9.00. The maximum absolute atomic E-state index is 12.4. The Balaban J connectivity index is 2.68. The third kappa shape index (κ3) is 1.58. The van der Waals surface area contributed by atoms with Crippen LogP contribution in [0.2, 0.25) is 0 Å². The van der Waals surface area contributed by atoms with Crippen LogP contribution in [-0.4, -0.2) is 19.3 Å². The second kappa shape index (κ2) is 3.93. The highest BCUT2D eigenvalue weighted by atomic mass is 16.3. The highest BCUT2D eigenvalue weighted by molar-refractivity contribution is 5.84. The maximum Gasteiger partial charge on any atom is 0.261 e. The van der Waals surface area contributed by atoms with E-state index in [-0.39, 0.29) is 5.56 Å². The third-order valence-corrected chi connectivity index (χ3v) is 3.45. The summed E-state index contributed by atoms with van der Waals surface area (Å²) >= 11 is 0. The van der Waals surface area contributed by atoms with Crippen LogP contribution in [0.3, 0.4) is 0 Å². The Kier molecular flexibility index (Phi) is 2.46. The van der Waals surface area contributed by atoms with E-state index in [0.717, 1.165) is 11.1 Å². The molecule has 0 aliphatic carbocycles. The van der Waals surface area contributed by atoms with Crippen LogP contribution < -0.4 is 5.56 Å². The molecule has 0 spiro atoms. The molecule has 19 heavy (non-hydrogen) atoms. The summed E-state index contributed by atoms with van der Waals surface area (Å²) in [6, 6.07) is 5.52. The van der Waals surface area contributed by atoms with Crippen LogP contribution in [0, 0.1) is 6.92 Å². The molecular formula is C14H15N3O2. The Morgan fingerprint density at radius 3 is 2.79 bits per heavy atom. The molecule has 5 heteroatoms. The first kappa shape index (κ1) is 11.9. The van der Waals surface area contributed by atoms with E-state index in [2.05, 4.69) is 5.10 Å². The van der Waals surface area contributed by atoms with Crippen LogP contribution in [0.1, 0.15) is 24.2 Å². The molecule has 98 valence electrons. The lowest BCUT2D eigenvalue weighted by Gasteiger charge is -2.13. The number of hydrogen-bond acceptors (Lipinski definition) is 3. The lowest BCUT2D eigenvalue weighted by atomic mass is 10.0. The molecule has 0 amide bonds. The van der Waals surface area contributed by atoms with E-state index in [4.69, 9.17) is 0 Å². The van der Waals surface area contributed by atoms with Gasteiger partial charge >= 0.3 is 0 Å². The van der Waals surface area contributed by atoms with Gasteiger partial charge in [-0.15, -0.1) is 0 Å². The fraction of sp³-hybridized carbons (Fsp3) is 0.286. The Bertz CT molecular complexity index is 843. The van der Waals surface area contributed by atoms with Crippen LogP contribution >= 0.6 is 0 Å². The number of hydrogen-bond donors (Lipinski definition) is 1. The van der Waals surface area contributed by atoms with Crippen molar-refractivity contribution in [3.63, 3.8) is 0 Å². The normalized spacial score (nSPS) is 13.3. The van der Waals surface area contributed by atoms with Crippen LogP contribution in [0.5, 0.6) is 0 Å². The van der Waals surface area contributed by atoms with Gasteiger partial charge in [0, 0.05) is 18.7 Å². The van der Waals surface area contributed by atoms with Crippen molar-refractivity contribution in [1.29, 1.82) is 0 Å². The minimum absolute atomic E-state index is 0.0754. The zero-order valence-electron chi connectivity index (χ0n) is 11.1. The quantitative estimate of drug-likeness (QED) is 0.719. The summed E-state index contributed by atoms with van der Waals surface area (Å²) in [6.07, 6.45) is 1.00. The Labute approximate surface area is 109 Å². The van der Waals surface area contributed by atoms with Crippen molar-refractivity contribution in [2.45, 2.75) is 20.0 Å². The van der Waals surface area contributed by atoms with Gasteiger partial charge in [-0.3, -0.25) is 9.36 Å². The third-order valence-electron chi connectivity index (χ3n) is 3.45. The summed E-state index contributed by atoms with van der Waals surface area (Å²) in [7, 11) is 1.73. The molecule has 3 aromatic rings. The molecule has 0 saturated carbocycles. The molecule has 1 N–H and O–H groups in total. The molecule has 1 atom stereocenters. The Morgan fingerprint density at radius 1 is 1.37 bits per heavy atom. The molecule has 2 heterocycles. The van der Waals surface area contributed by atoms with Crippen molar-refractivity contribution in [3.8, 4) is 0 Å². The van der Waals surface area contributed by atoms with Gasteiger partial charge in [0.1, 0.15) is 5.65 Å². The smallest absolute Gasteiger partial charge is 0.261 e. The summed E-state index contributed by atoms with van der Waals surface area (Å²) < 4.78 is 3.28. The number of aliphatic hydroxyl groups excluding tert-OH is 1. The topological polar surface area (TPSA) is 59.5 Å². The van der Waals surface area contributed by atoms with E-state index < -0.39 is 6.10 Å². The lowest BCUT2D eigenvalue weighted by molar-refractivity contribution is 0.200. The summed E-state index contributed by atoms with van der Waals surface area (Å²) in [5.41, 5.74) is 2.99. The predicted octanol–water partition coefficient (Wildman–Crippen LogP) is 1.55. The van der Waals surface area contributed by atoms with Gasteiger partial charge in [-0.2, -0.15) is 5.10 Å². The van der Waals surface area contributed by atoms with Crippen LogP contribution in [0.25, 0.3) is 16.6 Å². The number of benzene rings is 1. The average molecular weight is 257 g/mol. The van der Waals surface area contributed by atoms with Crippen LogP contribution in [0.15, 0.2) is 29.2 Å². The van der Waals surface area contributed by atoms with Gasteiger partial charge in [0.05, 0.1) is 23.2 Å². The van der Waals surface area contributed by atoms with E-state index in [1.165, 1.54) is 0 Å². The van der Waals surface area contributed by atoms with E-state index in [0.29, 0.717) is 16.6 Å². The molecule has 0 aliphatic rings. The highest BCUT2D eigenvalue weighted by Gasteiger charge is 2.15. The van der Waals surface area contributed by atoms with Crippen molar-refractivity contribution >= 4 is 16.6 Å². The highest BCUT2D eigenvalue weighted by Crippen LogP contribution is 2.24. The molecule has 1 unspecified atom stereocenters. The number of aliphatic hydroxyl groups is 1.